The highest BCUT2D eigenvalue weighted by Crippen LogP contribution is 2.34. The fraction of sp³-hybridized carbons (Fsp3) is 0.111. The molecule has 0 N–H and O–H groups in total. The van der Waals surface area contributed by atoms with Gasteiger partial charge in [-0.2, -0.15) is 0 Å². The van der Waals surface area contributed by atoms with Crippen molar-refractivity contribution in [3.05, 3.63) is 32.6 Å². The number of aryl methyl sites for hydroxylation is 1. The molecule has 1 aromatic carbocycles. The van der Waals surface area contributed by atoms with Gasteiger partial charge in [0.25, 0.3) is 0 Å². The first-order chi connectivity index (χ1) is 5.66. The lowest BCUT2D eigenvalue weighted by Gasteiger charge is -1.94. The van der Waals surface area contributed by atoms with Crippen molar-refractivity contribution in [1.29, 1.82) is 0 Å². The molecule has 0 radical (unpaired) electrons. The molecule has 0 unspecified atom stereocenters. The van der Waals surface area contributed by atoms with Gasteiger partial charge in [-0.15, -0.1) is 11.3 Å². The van der Waals surface area contributed by atoms with Crippen LogP contribution in [-0.4, -0.2) is 0 Å². The second kappa shape index (κ2) is 3.02. The van der Waals surface area contributed by atoms with Gasteiger partial charge in [-0.25, -0.2) is 0 Å². The minimum atomic E-state index is 0.784. The molecule has 0 fully saturated rings. The molecule has 0 aliphatic rings. The summed E-state index contributed by atoms with van der Waals surface area (Å²) >= 11 is 11.2. The van der Waals surface area contributed by atoms with Crippen molar-refractivity contribution in [3.8, 4) is 0 Å². The van der Waals surface area contributed by atoms with Crippen LogP contribution in [0.3, 0.4) is 0 Å². The topological polar surface area (TPSA) is 0 Å². The van der Waals surface area contributed by atoms with E-state index < -0.39 is 0 Å². The number of fused-ring (bicyclic) bond motifs is 1. The number of rotatable bonds is 0. The van der Waals surface area contributed by atoms with E-state index in [0.717, 1.165) is 9.50 Å². The minimum Gasteiger partial charge on any atom is -0.139 e. The van der Waals surface area contributed by atoms with E-state index in [1.165, 1.54) is 15.0 Å². The van der Waals surface area contributed by atoms with Crippen molar-refractivity contribution in [2.45, 2.75) is 6.92 Å². The summed E-state index contributed by atoms with van der Waals surface area (Å²) < 4.78 is 2.36. The van der Waals surface area contributed by atoms with Crippen LogP contribution in [0.2, 0.25) is 5.02 Å². The molecular weight excluding hydrogens is 256 g/mol. The Morgan fingerprint density at radius 3 is 2.83 bits per heavy atom. The number of benzene rings is 1. The van der Waals surface area contributed by atoms with Crippen molar-refractivity contribution < 1.29 is 0 Å². The molecule has 0 aliphatic carbocycles. The molecule has 1 heterocycles. The van der Waals surface area contributed by atoms with Gasteiger partial charge < -0.3 is 0 Å². The predicted octanol–water partition coefficient (Wildman–Crippen LogP) is 4.63. The third-order valence-electron chi connectivity index (χ3n) is 1.66. The fourth-order valence-electron chi connectivity index (χ4n) is 1.20. The first kappa shape index (κ1) is 8.54. The summed E-state index contributed by atoms with van der Waals surface area (Å²) in [6.45, 7) is 2.10. The Bertz CT molecular complexity index is 433. The molecule has 0 saturated heterocycles. The Kier molecular flexibility index (Phi) is 2.15. The molecule has 2 rings (SSSR count). The van der Waals surface area contributed by atoms with Crippen LogP contribution in [0.4, 0.5) is 0 Å². The van der Waals surface area contributed by atoms with Gasteiger partial charge in [-0.3, -0.25) is 0 Å². The number of halogens is 2. The zero-order chi connectivity index (χ0) is 8.72. The van der Waals surface area contributed by atoms with Crippen LogP contribution in [0.15, 0.2) is 22.7 Å². The summed E-state index contributed by atoms with van der Waals surface area (Å²) in [6, 6.07) is 6.07. The van der Waals surface area contributed by atoms with Gasteiger partial charge in [-0.05, 0) is 46.4 Å². The first-order valence-corrected chi connectivity index (χ1v) is 5.51. The van der Waals surface area contributed by atoms with Gasteiger partial charge in [0, 0.05) is 19.1 Å². The van der Waals surface area contributed by atoms with E-state index in [1.54, 1.807) is 11.3 Å². The average Bonchev–Trinajstić information content (AvgIpc) is 2.29. The van der Waals surface area contributed by atoms with Gasteiger partial charge in [-0.1, -0.05) is 11.6 Å². The maximum atomic E-state index is 5.91. The van der Waals surface area contributed by atoms with E-state index in [4.69, 9.17) is 11.6 Å². The van der Waals surface area contributed by atoms with Crippen LogP contribution < -0.4 is 0 Å². The van der Waals surface area contributed by atoms with E-state index in [9.17, 15) is 0 Å². The molecule has 0 spiro atoms. The molecule has 0 amide bonds. The van der Waals surface area contributed by atoms with Crippen molar-refractivity contribution in [1.82, 2.24) is 0 Å². The van der Waals surface area contributed by atoms with E-state index in [0.29, 0.717) is 0 Å². The quantitative estimate of drug-likeness (QED) is 0.649. The molecule has 1 aromatic heterocycles. The molecule has 0 nitrogen and oxygen atoms in total. The lowest BCUT2D eigenvalue weighted by Crippen LogP contribution is -1.66. The van der Waals surface area contributed by atoms with Gasteiger partial charge >= 0.3 is 0 Å². The summed E-state index contributed by atoms with van der Waals surface area (Å²) in [5.74, 6) is 0. The highest BCUT2D eigenvalue weighted by atomic mass is 79.9. The van der Waals surface area contributed by atoms with Crippen molar-refractivity contribution >= 4 is 49.0 Å². The SMILES string of the molecule is Cc1cc2cc(Cl)cc(Br)c2s1. The third kappa shape index (κ3) is 1.39. The highest BCUT2D eigenvalue weighted by Gasteiger charge is 2.03. The van der Waals surface area contributed by atoms with Crippen LogP contribution in [0.25, 0.3) is 10.1 Å². The lowest BCUT2D eigenvalue weighted by atomic mass is 10.2. The Balaban J connectivity index is 2.88. The van der Waals surface area contributed by atoms with Crippen LogP contribution in [0, 0.1) is 6.92 Å². The predicted molar refractivity (Wildman–Crippen MR) is 59.3 cm³/mol. The number of thiophene rings is 1. The van der Waals surface area contributed by atoms with E-state index >= 15 is 0 Å². The van der Waals surface area contributed by atoms with E-state index in [-0.39, 0.29) is 0 Å². The maximum Gasteiger partial charge on any atom is 0.0488 e. The summed E-state index contributed by atoms with van der Waals surface area (Å²) in [4.78, 5) is 1.31. The Morgan fingerprint density at radius 1 is 1.33 bits per heavy atom. The van der Waals surface area contributed by atoms with Gasteiger partial charge in [0.15, 0.2) is 0 Å². The Labute approximate surface area is 88.3 Å². The van der Waals surface area contributed by atoms with E-state index in [1.807, 2.05) is 12.1 Å². The summed E-state index contributed by atoms with van der Waals surface area (Å²) in [5.41, 5.74) is 0. The first-order valence-electron chi connectivity index (χ1n) is 3.52. The molecule has 12 heavy (non-hydrogen) atoms. The molecule has 3 heteroatoms. The fourth-order valence-corrected chi connectivity index (χ4v) is 3.18. The van der Waals surface area contributed by atoms with Crippen molar-refractivity contribution in [2.75, 3.05) is 0 Å². The largest absolute Gasteiger partial charge is 0.139 e. The van der Waals surface area contributed by atoms with Crippen molar-refractivity contribution in [3.63, 3.8) is 0 Å². The maximum absolute atomic E-state index is 5.91. The number of hydrogen-bond donors (Lipinski definition) is 0. The molecule has 0 saturated carbocycles. The van der Waals surface area contributed by atoms with Crippen LogP contribution in [0.1, 0.15) is 4.88 Å². The standard InChI is InChI=1S/C9H6BrClS/c1-5-2-6-3-7(11)4-8(10)9(6)12-5/h2-4H,1H3. The number of hydrogen-bond acceptors (Lipinski definition) is 1. The Morgan fingerprint density at radius 2 is 2.08 bits per heavy atom. The molecule has 0 aliphatic heterocycles. The summed E-state index contributed by atoms with van der Waals surface area (Å²) in [7, 11) is 0. The van der Waals surface area contributed by atoms with Crippen LogP contribution in [0.5, 0.6) is 0 Å². The molecule has 62 valence electrons. The van der Waals surface area contributed by atoms with Crippen molar-refractivity contribution in [2.24, 2.45) is 0 Å². The monoisotopic (exact) mass is 260 g/mol. The Hall–Kier alpha value is -0.0500. The van der Waals surface area contributed by atoms with Gasteiger partial charge in [0.2, 0.25) is 0 Å². The van der Waals surface area contributed by atoms with Gasteiger partial charge in [0.1, 0.15) is 0 Å². The van der Waals surface area contributed by atoms with Crippen LogP contribution in [-0.2, 0) is 0 Å². The zero-order valence-electron chi connectivity index (χ0n) is 6.40. The zero-order valence-corrected chi connectivity index (χ0v) is 9.55. The second-order valence-electron chi connectivity index (χ2n) is 2.66. The summed E-state index contributed by atoms with van der Waals surface area (Å²) in [5, 5.41) is 2.00. The third-order valence-corrected chi connectivity index (χ3v) is 3.86. The normalized spacial score (nSPS) is 10.9. The molecule has 2 aromatic rings. The summed E-state index contributed by atoms with van der Waals surface area (Å²) in [6.07, 6.45) is 0. The minimum absolute atomic E-state index is 0.784. The molecule has 0 bridgehead atoms. The van der Waals surface area contributed by atoms with Gasteiger partial charge in [0.05, 0.1) is 0 Å². The van der Waals surface area contributed by atoms with E-state index in [2.05, 4.69) is 28.9 Å². The lowest BCUT2D eigenvalue weighted by molar-refractivity contribution is 1.65. The molecular formula is C9H6BrClS. The average molecular weight is 262 g/mol. The van der Waals surface area contributed by atoms with Crippen LogP contribution >= 0.6 is 38.9 Å². The smallest absolute Gasteiger partial charge is 0.0488 e. The molecule has 0 atom stereocenters. The highest BCUT2D eigenvalue weighted by molar-refractivity contribution is 9.10. The second-order valence-corrected chi connectivity index (χ2v) is 5.21.